The van der Waals surface area contributed by atoms with Crippen molar-refractivity contribution in [1.82, 2.24) is 10.3 Å². The molecule has 0 aliphatic heterocycles. The van der Waals surface area contributed by atoms with Gasteiger partial charge in [0, 0.05) is 30.3 Å². The minimum Gasteiger partial charge on any atom is -0.481 e. The van der Waals surface area contributed by atoms with Gasteiger partial charge >= 0.3 is 5.97 Å². The highest BCUT2D eigenvalue weighted by molar-refractivity contribution is 8.00. The van der Waals surface area contributed by atoms with Gasteiger partial charge in [-0.15, -0.1) is 11.8 Å². The summed E-state index contributed by atoms with van der Waals surface area (Å²) in [5.41, 5.74) is 0. The van der Waals surface area contributed by atoms with Crippen molar-refractivity contribution in [3.8, 4) is 0 Å². The summed E-state index contributed by atoms with van der Waals surface area (Å²) in [6, 6.07) is 3.71. The number of amides is 1. The van der Waals surface area contributed by atoms with E-state index < -0.39 is 5.97 Å². The van der Waals surface area contributed by atoms with Crippen molar-refractivity contribution < 1.29 is 14.7 Å². The fraction of sp³-hybridized carbons (Fsp3) is 0.462. The summed E-state index contributed by atoms with van der Waals surface area (Å²) in [6.07, 6.45) is 4.10. The van der Waals surface area contributed by atoms with E-state index in [1.165, 1.54) is 11.8 Å². The van der Waals surface area contributed by atoms with Crippen LogP contribution in [0.4, 0.5) is 0 Å². The van der Waals surface area contributed by atoms with Gasteiger partial charge in [0.2, 0.25) is 5.91 Å². The molecule has 6 heteroatoms. The molecule has 0 saturated heterocycles. The van der Waals surface area contributed by atoms with Gasteiger partial charge in [-0.05, 0) is 24.5 Å². The smallest absolute Gasteiger partial charge is 0.303 e. The molecule has 0 saturated carbocycles. The number of hydrogen-bond acceptors (Lipinski definition) is 4. The molecule has 0 aromatic carbocycles. The standard InChI is InChI=1S/C13H18N2O3S/c1-10(2-3-13(17)18)8-15-12(16)9-19-11-4-6-14-7-5-11/h4-7,10H,2-3,8-9H2,1H3,(H,15,16)(H,17,18). The zero-order valence-corrected chi connectivity index (χ0v) is 11.7. The molecule has 1 aromatic rings. The van der Waals surface area contributed by atoms with Gasteiger partial charge in [0.05, 0.1) is 5.75 Å². The maximum atomic E-state index is 11.6. The average Bonchev–Trinajstić information content (AvgIpc) is 2.41. The van der Waals surface area contributed by atoms with Gasteiger partial charge in [0.1, 0.15) is 0 Å². The summed E-state index contributed by atoms with van der Waals surface area (Å²) >= 11 is 1.45. The number of thioether (sulfide) groups is 1. The number of nitrogens with zero attached hydrogens (tertiary/aromatic N) is 1. The molecule has 0 aliphatic rings. The fourth-order valence-corrected chi connectivity index (χ4v) is 2.11. The van der Waals surface area contributed by atoms with E-state index in [-0.39, 0.29) is 18.2 Å². The lowest BCUT2D eigenvalue weighted by Gasteiger charge is -2.11. The second kappa shape index (κ2) is 8.53. The predicted molar refractivity (Wildman–Crippen MR) is 74.0 cm³/mol. The molecular formula is C13H18N2O3S. The van der Waals surface area contributed by atoms with E-state index in [9.17, 15) is 9.59 Å². The molecule has 1 rings (SSSR count). The molecule has 0 fully saturated rings. The van der Waals surface area contributed by atoms with Crippen LogP contribution < -0.4 is 5.32 Å². The van der Waals surface area contributed by atoms with Crippen molar-refractivity contribution in [2.24, 2.45) is 5.92 Å². The largest absolute Gasteiger partial charge is 0.481 e. The molecule has 0 spiro atoms. The normalized spacial score (nSPS) is 11.8. The lowest BCUT2D eigenvalue weighted by Crippen LogP contribution is -2.29. The van der Waals surface area contributed by atoms with E-state index in [1.807, 2.05) is 19.1 Å². The molecule has 5 nitrogen and oxygen atoms in total. The molecule has 1 amide bonds. The predicted octanol–water partition coefficient (Wildman–Crippen LogP) is 1.79. The zero-order valence-electron chi connectivity index (χ0n) is 10.8. The van der Waals surface area contributed by atoms with Crippen LogP contribution in [-0.2, 0) is 9.59 Å². The summed E-state index contributed by atoms with van der Waals surface area (Å²) < 4.78 is 0. The Labute approximate surface area is 116 Å². The number of carboxylic acid groups (broad SMARTS) is 1. The van der Waals surface area contributed by atoms with E-state index in [0.29, 0.717) is 18.7 Å². The van der Waals surface area contributed by atoms with Crippen LogP contribution in [0.15, 0.2) is 29.4 Å². The number of carboxylic acids is 1. The van der Waals surface area contributed by atoms with Gasteiger partial charge in [0.15, 0.2) is 0 Å². The minimum atomic E-state index is -0.800. The van der Waals surface area contributed by atoms with E-state index in [4.69, 9.17) is 5.11 Å². The van der Waals surface area contributed by atoms with Crippen LogP contribution in [0.5, 0.6) is 0 Å². The Bertz CT molecular complexity index is 412. The molecule has 0 aliphatic carbocycles. The molecule has 1 unspecified atom stereocenters. The molecular weight excluding hydrogens is 264 g/mol. The zero-order chi connectivity index (χ0) is 14.1. The van der Waals surface area contributed by atoms with Gasteiger partial charge in [-0.1, -0.05) is 6.92 Å². The van der Waals surface area contributed by atoms with Gasteiger partial charge < -0.3 is 10.4 Å². The molecule has 104 valence electrons. The second-order valence-corrected chi connectivity index (χ2v) is 5.36. The number of rotatable bonds is 8. The lowest BCUT2D eigenvalue weighted by molar-refractivity contribution is -0.137. The van der Waals surface area contributed by atoms with Crippen LogP contribution in [0.3, 0.4) is 0 Å². The highest BCUT2D eigenvalue weighted by Gasteiger charge is 2.08. The quantitative estimate of drug-likeness (QED) is 0.711. The maximum absolute atomic E-state index is 11.6. The van der Waals surface area contributed by atoms with Gasteiger partial charge in [0.25, 0.3) is 0 Å². The Hall–Kier alpha value is -1.56. The first-order valence-corrected chi connectivity index (χ1v) is 7.08. The van der Waals surface area contributed by atoms with Crippen molar-refractivity contribution in [3.63, 3.8) is 0 Å². The third-order valence-electron chi connectivity index (χ3n) is 2.52. The van der Waals surface area contributed by atoms with Gasteiger partial charge in [-0.2, -0.15) is 0 Å². The summed E-state index contributed by atoms with van der Waals surface area (Å²) in [5.74, 6) is -0.309. The Morgan fingerprint density at radius 3 is 2.74 bits per heavy atom. The van der Waals surface area contributed by atoms with E-state index in [2.05, 4.69) is 10.3 Å². The number of aromatic nitrogens is 1. The Balaban J connectivity index is 2.16. The lowest BCUT2D eigenvalue weighted by atomic mass is 10.1. The number of carbonyl (C=O) groups excluding carboxylic acids is 1. The number of hydrogen-bond donors (Lipinski definition) is 2. The Morgan fingerprint density at radius 1 is 1.42 bits per heavy atom. The summed E-state index contributed by atoms with van der Waals surface area (Å²) in [7, 11) is 0. The van der Waals surface area contributed by atoms with Crippen molar-refractivity contribution >= 4 is 23.6 Å². The van der Waals surface area contributed by atoms with Crippen LogP contribution >= 0.6 is 11.8 Å². The average molecular weight is 282 g/mol. The highest BCUT2D eigenvalue weighted by Crippen LogP contribution is 2.15. The topological polar surface area (TPSA) is 79.3 Å². The highest BCUT2D eigenvalue weighted by atomic mass is 32.2. The Morgan fingerprint density at radius 2 is 2.11 bits per heavy atom. The molecule has 0 radical (unpaired) electrons. The summed E-state index contributed by atoms with van der Waals surface area (Å²) in [6.45, 7) is 2.45. The number of aliphatic carboxylic acids is 1. The third-order valence-corrected chi connectivity index (χ3v) is 3.53. The fourth-order valence-electron chi connectivity index (χ4n) is 1.39. The summed E-state index contributed by atoms with van der Waals surface area (Å²) in [5, 5.41) is 11.4. The SMILES string of the molecule is CC(CCC(=O)O)CNC(=O)CSc1ccncc1. The van der Waals surface area contributed by atoms with Crippen LogP contribution in [0.25, 0.3) is 0 Å². The van der Waals surface area contributed by atoms with Crippen LogP contribution in [-0.4, -0.2) is 34.3 Å². The van der Waals surface area contributed by atoms with E-state index in [0.717, 1.165) is 4.90 Å². The van der Waals surface area contributed by atoms with Crippen molar-refractivity contribution in [3.05, 3.63) is 24.5 Å². The first-order chi connectivity index (χ1) is 9.08. The van der Waals surface area contributed by atoms with Crippen molar-refractivity contribution in [1.29, 1.82) is 0 Å². The first kappa shape index (κ1) is 15.5. The number of nitrogens with one attached hydrogen (secondary N) is 1. The van der Waals surface area contributed by atoms with Crippen LogP contribution in [0.2, 0.25) is 0 Å². The first-order valence-electron chi connectivity index (χ1n) is 6.09. The van der Waals surface area contributed by atoms with Crippen molar-refractivity contribution in [2.45, 2.75) is 24.7 Å². The molecule has 1 atom stereocenters. The molecule has 1 heterocycles. The van der Waals surface area contributed by atoms with Gasteiger partial charge in [-0.3, -0.25) is 14.6 Å². The van der Waals surface area contributed by atoms with E-state index in [1.54, 1.807) is 12.4 Å². The molecule has 1 aromatic heterocycles. The van der Waals surface area contributed by atoms with E-state index >= 15 is 0 Å². The van der Waals surface area contributed by atoms with Crippen molar-refractivity contribution in [2.75, 3.05) is 12.3 Å². The molecule has 19 heavy (non-hydrogen) atoms. The second-order valence-electron chi connectivity index (χ2n) is 4.31. The van der Waals surface area contributed by atoms with Crippen LogP contribution in [0.1, 0.15) is 19.8 Å². The summed E-state index contributed by atoms with van der Waals surface area (Å²) in [4.78, 5) is 26.9. The third kappa shape index (κ3) is 7.46. The molecule has 0 bridgehead atoms. The number of carbonyl (C=O) groups is 2. The number of pyridine rings is 1. The van der Waals surface area contributed by atoms with Gasteiger partial charge in [-0.25, -0.2) is 0 Å². The Kier molecular flexibility index (Phi) is 6.95. The monoisotopic (exact) mass is 282 g/mol. The maximum Gasteiger partial charge on any atom is 0.303 e. The molecule has 2 N–H and O–H groups in total. The minimum absolute atomic E-state index is 0.0380. The van der Waals surface area contributed by atoms with Crippen LogP contribution in [0, 0.1) is 5.92 Å².